The molecule has 0 aliphatic heterocycles. The average Bonchev–Trinajstić information content (AvgIpc) is 2.29. The molecule has 1 heterocycles. The molecule has 5 nitrogen and oxygen atoms in total. The van der Waals surface area contributed by atoms with Gasteiger partial charge in [-0.2, -0.15) is 5.10 Å². The van der Waals surface area contributed by atoms with Crippen LogP contribution in [0, 0.1) is 0 Å². The molecule has 1 rings (SSSR count). The van der Waals surface area contributed by atoms with Gasteiger partial charge in [-0.05, 0) is 20.8 Å². The van der Waals surface area contributed by atoms with Gasteiger partial charge in [0.2, 0.25) is 0 Å². The van der Waals surface area contributed by atoms with Crippen molar-refractivity contribution in [1.29, 1.82) is 0 Å². The molecule has 0 aromatic carbocycles. The number of hydrogen-bond donors (Lipinski definition) is 2. The van der Waals surface area contributed by atoms with E-state index in [1.54, 1.807) is 0 Å². The van der Waals surface area contributed by atoms with Crippen molar-refractivity contribution in [3.8, 4) is 0 Å². The first kappa shape index (κ1) is 9.57. The number of hydrogen-bond acceptors (Lipinski definition) is 3. The molecule has 5 heteroatoms. The Hall–Kier alpha value is -1.52. The molecule has 0 aliphatic carbocycles. The molecule has 72 valence electrons. The number of carbonyl (C=O) groups is 1. The summed E-state index contributed by atoms with van der Waals surface area (Å²) in [7, 11) is 0. The number of aromatic nitrogens is 2. The maximum Gasteiger partial charge on any atom is 0.356 e. The maximum atomic E-state index is 10.6. The first-order valence-corrected chi connectivity index (χ1v) is 3.91. The summed E-state index contributed by atoms with van der Waals surface area (Å²) in [6, 6.07) is 1.35. The maximum absolute atomic E-state index is 10.6. The fraction of sp³-hybridized carbons (Fsp3) is 0.500. The minimum atomic E-state index is -1.06. The summed E-state index contributed by atoms with van der Waals surface area (Å²) in [6.07, 6.45) is 0. The third-order valence-electron chi connectivity index (χ3n) is 1.59. The SMILES string of the molecule is CC(C)(C)n1nc(C(=O)O)cc1N. The highest BCUT2D eigenvalue weighted by molar-refractivity contribution is 5.86. The lowest BCUT2D eigenvalue weighted by molar-refractivity contribution is 0.0688. The molecule has 13 heavy (non-hydrogen) atoms. The average molecular weight is 183 g/mol. The van der Waals surface area contributed by atoms with Crippen molar-refractivity contribution in [1.82, 2.24) is 9.78 Å². The second-order valence-electron chi connectivity index (χ2n) is 3.84. The van der Waals surface area contributed by atoms with E-state index in [0.717, 1.165) is 0 Å². The third kappa shape index (κ3) is 1.80. The molecule has 0 radical (unpaired) electrons. The van der Waals surface area contributed by atoms with Gasteiger partial charge in [0.1, 0.15) is 5.82 Å². The summed E-state index contributed by atoms with van der Waals surface area (Å²) in [6.45, 7) is 5.71. The molecule has 1 aromatic rings. The molecule has 0 fully saturated rings. The van der Waals surface area contributed by atoms with Gasteiger partial charge >= 0.3 is 5.97 Å². The van der Waals surface area contributed by atoms with Crippen molar-refractivity contribution in [3.63, 3.8) is 0 Å². The van der Waals surface area contributed by atoms with E-state index in [-0.39, 0.29) is 11.2 Å². The number of rotatable bonds is 1. The highest BCUT2D eigenvalue weighted by Gasteiger charge is 2.20. The molecule has 0 bridgehead atoms. The van der Waals surface area contributed by atoms with Crippen LogP contribution in [0.4, 0.5) is 5.82 Å². The summed E-state index contributed by atoms with van der Waals surface area (Å²) >= 11 is 0. The number of carboxylic acids is 1. The Morgan fingerprint density at radius 2 is 2.15 bits per heavy atom. The second kappa shape index (κ2) is 2.76. The van der Waals surface area contributed by atoms with Crippen molar-refractivity contribution in [2.24, 2.45) is 0 Å². The van der Waals surface area contributed by atoms with Crippen LogP contribution in [-0.4, -0.2) is 20.9 Å². The van der Waals surface area contributed by atoms with Crippen LogP contribution in [0.1, 0.15) is 31.3 Å². The van der Waals surface area contributed by atoms with Crippen LogP contribution in [0.3, 0.4) is 0 Å². The predicted molar refractivity (Wildman–Crippen MR) is 48.6 cm³/mol. The van der Waals surface area contributed by atoms with E-state index in [1.807, 2.05) is 20.8 Å². The van der Waals surface area contributed by atoms with Crippen molar-refractivity contribution in [3.05, 3.63) is 11.8 Å². The zero-order valence-electron chi connectivity index (χ0n) is 7.90. The molecule has 0 atom stereocenters. The molecular weight excluding hydrogens is 170 g/mol. The summed E-state index contributed by atoms with van der Waals surface area (Å²) in [5, 5.41) is 12.5. The topological polar surface area (TPSA) is 81.1 Å². The largest absolute Gasteiger partial charge is 0.476 e. The van der Waals surface area contributed by atoms with E-state index < -0.39 is 5.97 Å². The van der Waals surface area contributed by atoms with Gasteiger partial charge in [0.25, 0.3) is 0 Å². The van der Waals surface area contributed by atoms with Crippen molar-refractivity contribution in [2.75, 3.05) is 5.73 Å². The van der Waals surface area contributed by atoms with Crippen LogP contribution in [0.25, 0.3) is 0 Å². The zero-order chi connectivity index (χ0) is 10.2. The van der Waals surface area contributed by atoms with Gasteiger partial charge in [-0.15, -0.1) is 0 Å². The van der Waals surface area contributed by atoms with Crippen molar-refractivity contribution in [2.45, 2.75) is 26.3 Å². The Balaban J connectivity index is 3.18. The molecule has 0 spiro atoms. The third-order valence-corrected chi connectivity index (χ3v) is 1.59. The number of nitrogen functional groups attached to an aromatic ring is 1. The van der Waals surface area contributed by atoms with Crippen LogP contribution in [-0.2, 0) is 5.54 Å². The normalized spacial score (nSPS) is 11.6. The highest BCUT2D eigenvalue weighted by atomic mass is 16.4. The predicted octanol–water partition coefficient (Wildman–Crippen LogP) is 0.918. The lowest BCUT2D eigenvalue weighted by atomic mass is 10.1. The Kier molecular flexibility index (Phi) is 2.03. The minimum Gasteiger partial charge on any atom is -0.476 e. The first-order chi connectivity index (χ1) is 5.82. The lowest BCUT2D eigenvalue weighted by Crippen LogP contribution is -2.25. The van der Waals surface area contributed by atoms with Crippen molar-refractivity contribution >= 4 is 11.8 Å². The fourth-order valence-corrected chi connectivity index (χ4v) is 1.04. The Bertz CT molecular complexity index is 336. The zero-order valence-corrected chi connectivity index (χ0v) is 7.90. The smallest absolute Gasteiger partial charge is 0.356 e. The van der Waals surface area contributed by atoms with E-state index in [4.69, 9.17) is 10.8 Å². The number of nitrogens with two attached hydrogens (primary N) is 1. The quantitative estimate of drug-likeness (QED) is 0.678. The van der Waals surface area contributed by atoms with Gasteiger partial charge in [-0.3, -0.25) is 0 Å². The molecule has 0 unspecified atom stereocenters. The Labute approximate surface area is 76.2 Å². The summed E-state index contributed by atoms with van der Waals surface area (Å²) in [5.74, 6) is -0.695. The van der Waals surface area contributed by atoms with Gasteiger partial charge in [-0.25, -0.2) is 9.48 Å². The molecule has 0 saturated carbocycles. The molecule has 0 saturated heterocycles. The van der Waals surface area contributed by atoms with E-state index in [2.05, 4.69) is 5.10 Å². The van der Waals surface area contributed by atoms with E-state index in [1.165, 1.54) is 10.7 Å². The molecular formula is C8H13N3O2. The van der Waals surface area contributed by atoms with E-state index in [9.17, 15) is 4.79 Å². The van der Waals surface area contributed by atoms with Crippen LogP contribution >= 0.6 is 0 Å². The van der Waals surface area contributed by atoms with Gasteiger partial charge in [0, 0.05) is 6.07 Å². The van der Waals surface area contributed by atoms with Crippen LogP contribution in [0.2, 0.25) is 0 Å². The van der Waals surface area contributed by atoms with Gasteiger partial charge in [-0.1, -0.05) is 0 Å². The van der Waals surface area contributed by atoms with E-state index >= 15 is 0 Å². The second-order valence-corrected chi connectivity index (χ2v) is 3.84. The monoisotopic (exact) mass is 183 g/mol. The van der Waals surface area contributed by atoms with E-state index in [0.29, 0.717) is 5.82 Å². The molecule has 3 N–H and O–H groups in total. The molecule has 0 aliphatic rings. The standard InChI is InChI=1S/C8H13N3O2/c1-8(2,3)11-6(9)4-5(10-11)7(12)13/h4H,9H2,1-3H3,(H,12,13). The Morgan fingerprint density at radius 3 is 2.38 bits per heavy atom. The fourth-order valence-electron chi connectivity index (χ4n) is 1.04. The number of nitrogens with zero attached hydrogens (tertiary/aromatic N) is 2. The molecule has 0 amide bonds. The van der Waals surface area contributed by atoms with Crippen LogP contribution < -0.4 is 5.73 Å². The summed E-state index contributed by atoms with van der Waals surface area (Å²) in [4.78, 5) is 10.6. The number of aromatic carboxylic acids is 1. The molecule has 1 aromatic heterocycles. The van der Waals surface area contributed by atoms with Gasteiger partial charge in [0.05, 0.1) is 5.54 Å². The Morgan fingerprint density at radius 1 is 1.62 bits per heavy atom. The van der Waals surface area contributed by atoms with Crippen LogP contribution in [0.15, 0.2) is 6.07 Å². The van der Waals surface area contributed by atoms with Crippen molar-refractivity contribution < 1.29 is 9.90 Å². The first-order valence-electron chi connectivity index (χ1n) is 3.91. The lowest BCUT2D eigenvalue weighted by Gasteiger charge is -2.20. The highest BCUT2D eigenvalue weighted by Crippen LogP contribution is 2.18. The van der Waals surface area contributed by atoms with Crippen LogP contribution in [0.5, 0.6) is 0 Å². The van der Waals surface area contributed by atoms with Gasteiger partial charge in [0.15, 0.2) is 5.69 Å². The number of carboxylic acid groups (broad SMARTS) is 1. The summed E-state index contributed by atoms with van der Waals surface area (Å²) < 4.78 is 1.50. The minimum absolute atomic E-state index is 0.0209. The number of anilines is 1. The van der Waals surface area contributed by atoms with Gasteiger partial charge < -0.3 is 10.8 Å². The summed E-state index contributed by atoms with van der Waals surface area (Å²) in [5.41, 5.74) is 5.29.